The second-order valence-corrected chi connectivity index (χ2v) is 5.49. The van der Waals surface area contributed by atoms with Crippen LogP contribution >= 0.6 is 34.8 Å². The molecule has 2 nitrogen and oxygen atoms in total. The number of pyridine rings is 1. The van der Waals surface area contributed by atoms with E-state index >= 15 is 0 Å². The molecular formula is C13H7Cl3F3NO. The van der Waals surface area contributed by atoms with E-state index in [1.54, 1.807) is 0 Å². The minimum absolute atomic E-state index is 0.140. The lowest BCUT2D eigenvalue weighted by atomic mass is 10.2. The van der Waals surface area contributed by atoms with Crippen LogP contribution in [0.15, 0.2) is 35.3 Å². The van der Waals surface area contributed by atoms with E-state index in [2.05, 4.69) is 0 Å². The summed E-state index contributed by atoms with van der Waals surface area (Å²) in [5.41, 5.74) is -1.27. The Morgan fingerprint density at radius 3 is 2.29 bits per heavy atom. The second-order valence-electron chi connectivity index (χ2n) is 4.24. The van der Waals surface area contributed by atoms with Gasteiger partial charge in [-0.2, -0.15) is 13.2 Å². The predicted octanol–water partition coefficient (Wildman–Crippen LogP) is 4.88. The van der Waals surface area contributed by atoms with Crippen LogP contribution in [0.25, 0.3) is 0 Å². The average molecular weight is 357 g/mol. The summed E-state index contributed by atoms with van der Waals surface area (Å²) in [6, 6.07) is 5.11. The fourth-order valence-corrected chi connectivity index (χ4v) is 2.40. The first-order chi connectivity index (χ1) is 9.68. The lowest BCUT2D eigenvalue weighted by molar-refractivity contribution is -0.138. The molecule has 1 aromatic carbocycles. The molecule has 112 valence electrons. The maximum Gasteiger partial charge on any atom is 0.417 e. The van der Waals surface area contributed by atoms with Crippen molar-refractivity contribution in [3.05, 3.63) is 67.0 Å². The highest BCUT2D eigenvalue weighted by Crippen LogP contribution is 2.30. The van der Waals surface area contributed by atoms with Gasteiger partial charge < -0.3 is 4.57 Å². The number of halogens is 6. The van der Waals surface area contributed by atoms with Crippen molar-refractivity contribution in [1.82, 2.24) is 4.57 Å². The Morgan fingerprint density at radius 1 is 1.05 bits per heavy atom. The first-order valence-corrected chi connectivity index (χ1v) is 6.73. The van der Waals surface area contributed by atoms with E-state index in [9.17, 15) is 18.0 Å². The largest absolute Gasteiger partial charge is 0.417 e. The van der Waals surface area contributed by atoms with Crippen LogP contribution in [-0.2, 0) is 12.7 Å². The Balaban J connectivity index is 2.49. The molecule has 21 heavy (non-hydrogen) atoms. The molecule has 0 unspecified atom stereocenters. The number of rotatable bonds is 2. The van der Waals surface area contributed by atoms with Crippen molar-refractivity contribution < 1.29 is 13.2 Å². The van der Waals surface area contributed by atoms with E-state index in [0.29, 0.717) is 22.8 Å². The highest BCUT2D eigenvalue weighted by molar-refractivity contribution is 6.35. The highest BCUT2D eigenvalue weighted by atomic mass is 35.5. The van der Waals surface area contributed by atoms with Crippen LogP contribution in [0.1, 0.15) is 11.1 Å². The first-order valence-electron chi connectivity index (χ1n) is 5.59. The lowest BCUT2D eigenvalue weighted by Gasteiger charge is -2.12. The summed E-state index contributed by atoms with van der Waals surface area (Å²) in [5, 5.41) is 0.135. The number of aromatic nitrogens is 1. The summed E-state index contributed by atoms with van der Waals surface area (Å²) in [7, 11) is 0. The number of alkyl halides is 3. The summed E-state index contributed by atoms with van der Waals surface area (Å²) in [6.07, 6.45) is -3.89. The Kier molecular flexibility index (Phi) is 4.56. The van der Waals surface area contributed by atoms with Crippen molar-refractivity contribution in [3.8, 4) is 0 Å². The van der Waals surface area contributed by atoms with Gasteiger partial charge in [0.15, 0.2) is 0 Å². The third kappa shape index (κ3) is 3.73. The zero-order chi connectivity index (χ0) is 15.8. The van der Waals surface area contributed by atoms with Gasteiger partial charge in [-0.15, -0.1) is 0 Å². The van der Waals surface area contributed by atoms with Crippen molar-refractivity contribution in [2.75, 3.05) is 0 Å². The number of nitrogens with zero attached hydrogens (tertiary/aromatic N) is 1. The number of hydrogen-bond acceptors (Lipinski definition) is 1. The molecule has 0 spiro atoms. The molecule has 0 fully saturated rings. The SMILES string of the molecule is O=c1c(Cl)cc(C(F)(F)F)cn1Cc1ccc(Cl)cc1Cl. The molecule has 8 heteroatoms. The van der Waals surface area contributed by atoms with Gasteiger partial charge in [-0.25, -0.2) is 0 Å². The lowest BCUT2D eigenvalue weighted by Crippen LogP contribution is -2.23. The van der Waals surface area contributed by atoms with Gasteiger partial charge in [0.2, 0.25) is 0 Å². The van der Waals surface area contributed by atoms with Gasteiger partial charge in [0.25, 0.3) is 5.56 Å². The van der Waals surface area contributed by atoms with Crippen LogP contribution in [0, 0.1) is 0 Å². The molecule has 0 aliphatic rings. The zero-order valence-corrected chi connectivity index (χ0v) is 12.5. The van der Waals surface area contributed by atoms with E-state index in [0.717, 1.165) is 4.57 Å². The van der Waals surface area contributed by atoms with Gasteiger partial charge >= 0.3 is 6.18 Å². The number of benzene rings is 1. The predicted molar refractivity (Wildman–Crippen MR) is 76.3 cm³/mol. The average Bonchev–Trinajstić information content (AvgIpc) is 2.36. The molecule has 0 aliphatic carbocycles. The fourth-order valence-electron chi connectivity index (χ4n) is 1.71. The maximum absolute atomic E-state index is 12.7. The minimum atomic E-state index is -4.59. The third-order valence-corrected chi connectivity index (χ3v) is 3.58. The van der Waals surface area contributed by atoms with Crippen LogP contribution in [-0.4, -0.2) is 4.57 Å². The van der Waals surface area contributed by atoms with Crippen molar-refractivity contribution in [1.29, 1.82) is 0 Å². The molecule has 1 aromatic heterocycles. The summed E-state index contributed by atoms with van der Waals surface area (Å²) in [4.78, 5) is 11.8. The van der Waals surface area contributed by atoms with E-state index in [1.165, 1.54) is 18.2 Å². The van der Waals surface area contributed by atoms with E-state index < -0.39 is 22.3 Å². The molecule has 0 radical (unpaired) electrons. The van der Waals surface area contributed by atoms with E-state index in [-0.39, 0.29) is 11.6 Å². The van der Waals surface area contributed by atoms with Gasteiger partial charge in [-0.1, -0.05) is 40.9 Å². The topological polar surface area (TPSA) is 22.0 Å². The summed E-state index contributed by atoms with van der Waals surface area (Å²) < 4.78 is 39.1. The van der Waals surface area contributed by atoms with Gasteiger partial charge in [0.05, 0.1) is 12.1 Å². The molecule has 0 saturated heterocycles. The Hall–Kier alpha value is -1.17. The van der Waals surface area contributed by atoms with Crippen molar-refractivity contribution >= 4 is 34.8 Å². The third-order valence-electron chi connectivity index (χ3n) is 2.73. The Labute approximate surface area is 132 Å². The molecule has 0 atom stereocenters. The highest BCUT2D eigenvalue weighted by Gasteiger charge is 2.32. The van der Waals surface area contributed by atoms with Gasteiger partial charge in [0, 0.05) is 16.2 Å². The Bertz CT molecular complexity index is 740. The molecule has 2 rings (SSSR count). The minimum Gasteiger partial charge on any atom is -0.309 e. The monoisotopic (exact) mass is 355 g/mol. The van der Waals surface area contributed by atoms with Crippen LogP contribution in [0.2, 0.25) is 15.1 Å². The van der Waals surface area contributed by atoms with Gasteiger partial charge in [-0.05, 0) is 23.8 Å². The molecule has 1 heterocycles. The fraction of sp³-hybridized carbons (Fsp3) is 0.154. The van der Waals surface area contributed by atoms with E-state index in [4.69, 9.17) is 34.8 Å². The summed E-state index contributed by atoms with van der Waals surface area (Å²) >= 11 is 17.3. The van der Waals surface area contributed by atoms with Gasteiger partial charge in [-0.3, -0.25) is 4.79 Å². The molecule has 0 N–H and O–H groups in total. The van der Waals surface area contributed by atoms with Crippen molar-refractivity contribution in [2.24, 2.45) is 0 Å². The molecule has 0 aliphatic heterocycles. The molecule has 0 saturated carbocycles. The number of hydrogen-bond donors (Lipinski definition) is 0. The van der Waals surface area contributed by atoms with Crippen LogP contribution in [0.3, 0.4) is 0 Å². The quantitative estimate of drug-likeness (QED) is 0.752. The van der Waals surface area contributed by atoms with Crippen molar-refractivity contribution in [2.45, 2.75) is 12.7 Å². The zero-order valence-electron chi connectivity index (χ0n) is 10.2. The van der Waals surface area contributed by atoms with Crippen LogP contribution in [0.4, 0.5) is 13.2 Å². The Morgan fingerprint density at radius 2 is 1.71 bits per heavy atom. The van der Waals surface area contributed by atoms with Crippen LogP contribution < -0.4 is 5.56 Å². The first kappa shape index (κ1) is 16.2. The van der Waals surface area contributed by atoms with Crippen molar-refractivity contribution in [3.63, 3.8) is 0 Å². The normalized spacial score (nSPS) is 11.7. The smallest absolute Gasteiger partial charge is 0.309 e. The van der Waals surface area contributed by atoms with Gasteiger partial charge in [0.1, 0.15) is 5.02 Å². The maximum atomic E-state index is 12.7. The summed E-state index contributed by atoms with van der Waals surface area (Å²) in [5.74, 6) is 0. The molecule has 0 bridgehead atoms. The molecule has 2 aromatic rings. The molecule has 0 amide bonds. The second kappa shape index (κ2) is 5.91. The molecular weight excluding hydrogens is 350 g/mol. The van der Waals surface area contributed by atoms with Crippen LogP contribution in [0.5, 0.6) is 0 Å². The van der Waals surface area contributed by atoms with E-state index in [1.807, 2.05) is 0 Å². The summed E-state index contributed by atoms with van der Waals surface area (Å²) in [6.45, 7) is -0.140. The standard InChI is InChI=1S/C13H7Cl3F3NO/c14-9-2-1-7(10(15)4-9)5-20-6-8(13(17,18)19)3-11(16)12(20)21/h1-4,6H,5H2.